The highest BCUT2D eigenvalue weighted by Gasteiger charge is 2.40. The Labute approximate surface area is 189 Å². The molecule has 2 bridgehead atoms. The lowest BCUT2D eigenvalue weighted by Gasteiger charge is -2.36. The summed E-state index contributed by atoms with van der Waals surface area (Å²) in [5.74, 6) is 0.473. The first-order valence-electron chi connectivity index (χ1n) is 11.0. The van der Waals surface area contributed by atoms with Crippen LogP contribution in [0, 0.1) is 0 Å². The molecule has 1 saturated heterocycles. The molecule has 3 heterocycles. The minimum Gasteiger partial charge on any atom is -0.366 e. The molecule has 5 rings (SSSR count). The topological polar surface area (TPSA) is 48.5 Å². The molecular weight excluding hydrogens is 429 g/mol. The average Bonchev–Trinajstić information content (AvgIpc) is 3.23. The first-order valence-corrected chi connectivity index (χ1v) is 11.0. The first kappa shape index (κ1) is 21.3. The molecule has 0 saturated carbocycles. The van der Waals surface area contributed by atoms with Crippen LogP contribution >= 0.6 is 0 Å². The summed E-state index contributed by atoms with van der Waals surface area (Å²) in [5.41, 5.74) is 2.70. The lowest BCUT2D eigenvalue weighted by Crippen LogP contribution is -2.48. The highest BCUT2D eigenvalue weighted by atomic mass is 19.4. The zero-order valence-electron chi connectivity index (χ0n) is 18.1. The number of hydrogen-bond donors (Lipinski definition) is 1. The van der Waals surface area contributed by atoms with Crippen LogP contribution in [0.15, 0.2) is 60.7 Å². The number of benzene rings is 2. The molecule has 170 valence electrons. The van der Waals surface area contributed by atoms with E-state index >= 15 is 0 Å². The van der Waals surface area contributed by atoms with Gasteiger partial charge in [-0.1, -0.05) is 31.2 Å². The summed E-state index contributed by atoms with van der Waals surface area (Å²) in [4.78, 5) is 21.8. The molecule has 2 aliphatic heterocycles. The Hall–Kier alpha value is -3.55. The molecular formula is C25H23F3N4O. The van der Waals surface area contributed by atoms with Gasteiger partial charge in [0.2, 0.25) is 0 Å². The molecule has 1 fully saturated rings. The summed E-state index contributed by atoms with van der Waals surface area (Å²) in [5, 5.41) is 2.95. The summed E-state index contributed by atoms with van der Waals surface area (Å²) in [7, 11) is 0. The van der Waals surface area contributed by atoms with Crippen LogP contribution in [0.5, 0.6) is 0 Å². The van der Waals surface area contributed by atoms with Crippen molar-refractivity contribution in [2.24, 2.45) is 0 Å². The zero-order valence-corrected chi connectivity index (χ0v) is 18.1. The Bertz CT molecular complexity index is 1190. The zero-order chi connectivity index (χ0) is 23.2. The molecule has 1 N–H and O–H groups in total. The van der Waals surface area contributed by atoms with Crippen molar-refractivity contribution in [3.8, 4) is 11.3 Å². The second-order valence-corrected chi connectivity index (χ2v) is 8.36. The van der Waals surface area contributed by atoms with E-state index in [4.69, 9.17) is 0 Å². The summed E-state index contributed by atoms with van der Waals surface area (Å²) >= 11 is 0. The van der Waals surface area contributed by atoms with Gasteiger partial charge in [-0.25, -0.2) is 9.78 Å². The van der Waals surface area contributed by atoms with Crippen molar-refractivity contribution >= 4 is 23.2 Å². The minimum atomic E-state index is -4.44. The fourth-order valence-electron chi connectivity index (χ4n) is 4.49. The molecule has 5 nitrogen and oxygen atoms in total. The number of aryl methyl sites for hydroxylation is 1. The normalized spacial score (nSPS) is 17.2. The molecule has 0 unspecified atom stereocenters. The second kappa shape index (κ2) is 8.10. The first-order chi connectivity index (χ1) is 15.8. The number of alkyl halides is 3. The average molecular weight is 452 g/mol. The molecule has 2 aliphatic rings. The van der Waals surface area contributed by atoms with E-state index in [0.29, 0.717) is 29.3 Å². The number of amides is 2. The van der Waals surface area contributed by atoms with Crippen molar-refractivity contribution in [3.63, 3.8) is 0 Å². The van der Waals surface area contributed by atoms with Crippen molar-refractivity contribution in [2.45, 2.75) is 32.0 Å². The molecule has 2 aromatic carbocycles. The van der Waals surface area contributed by atoms with Gasteiger partial charge in [0.15, 0.2) is 5.82 Å². The summed E-state index contributed by atoms with van der Waals surface area (Å²) < 4.78 is 39.6. The molecule has 33 heavy (non-hydrogen) atoms. The summed E-state index contributed by atoms with van der Waals surface area (Å²) in [6.45, 7) is 3.58. The maximum Gasteiger partial charge on any atom is 0.416 e. The van der Waals surface area contributed by atoms with Gasteiger partial charge in [0.1, 0.15) is 0 Å². The van der Waals surface area contributed by atoms with E-state index in [-0.39, 0.29) is 12.1 Å². The fraction of sp³-hybridized carbons (Fsp3) is 0.280. The van der Waals surface area contributed by atoms with Gasteiger partial charge >= 0.3 is 12.2 Å². The molecule has 0 aliphatic carbocycles. The predicted octanol–water partition coefficient (Wildman–Crippen LogP) is 5.96. The number of nitrogens with zero attached hydrogens (tertiary/aromatic N) is 3. The van der Waals surface area contributed by atoms with Crippen LogP contribution in [0.4, 0.5) is 35.2 Å². The number of rotatable bonds is 3. The number of urea groups is 1. The van der Waals surface area contributed by atoms with Crippen molar-refractivity contribution in [1.29, 1.82) is 0 Å². The highest BCUT2D eigenvalue weighted by Crippen LogP contribution is 2.41. The van der Waals surface area contributed by atoms with E-state index in [1.807, 2.05) is 30.3 Å². The predicted molar refractivity (Wildman–Crippen MR) is 123 cm³/mol. The maximum atomic E-state index is 13.3. The van der Waals surface area contributed by atoms with Gasteiger partial charge in [-0.05, 0) is 54.8 Å². The van der Waals surface area contributed by atoms with Crippen LogP contribution < -0.4 is 15.1 Å². The fourth-order valence-corrected chi connectivity index (χ4v) is 4.49. The van der Waals surface area contributed by atoms with Crippen LogP contribution in [0.1, 0.15) is 24.5 Å². The molecule has 0 spiro atoms. The van der Waals surface area contributed by atoms with Crippen molar-refractivity contribution in [1.82, 2.24) is 4.98 Å². The number of halogens is 3. The Morgan fingerprint density at radius 2 is 1.91 bits per heavy atom. The molecule has 2 amide bonds. The number of carbonyl (C=O) groups excluding carboxylic acids is 1. The SMILES string of the molecule is CCc1ccc(NC(=O)N2c3nc(-c4cccc(C(F)(F)F)c4)ccc3N3CC[C@H]2C3)cc1. The van der Waals surface area contributed by atoms with E-state index in [1.165, 1.54) is 11.6 Å². The van der Waals surface area contributed by atoms with Gasteiger partial charge in [0, 0.05) is 24.3 Å². The van der Waals surface area contributed by atoms with Gasteiger partial charge in [-0.2, -0.15) is 13.2 Å². The third-order valence-corrected chi connectivity index (χ3v) is 6.27. The monoisotopic (exact) mass is 452 g/mol. The van der Waals surface area contributed by atoms with E-state index in [9.17, 15) is 18.0 Å². The number of anilines is 3. The van der Waals surface area contributed by atoms with Crippen LogP contribution in [0.3, 0.4) is 0 Å². The van der Waals surface area contributed by atoms with Gasteiger partial charge < -0.3 is 10.2 Å². The lowest BCUT2D eigenvalue weighted by molar-refractivity contribution is -0.137. The number of nitrogens with one attached hydrogen (secondary N) is 1. The van der Waals surface area contributed by atoms with Gasteiger partial charge in [-0.3, -0.25) is 4.90 Å². The Balaban J connectivity index is 1.50. The molecule has 1 aromatic heterocycles. The van der Waals surface area contributed by atoms with Crippen LogP contribution in [-0.2, 0) is 12.6 Å². The van der Waals surface area contributed by atoms with E-state index in [0.717, 1.165) is 37.2 Å². The second-order valence-electron chi connectivity index (χ2n) is 8.36. The van der Waals surface area contributed by atoms with Crippen molar-refractivity contribution in [3.05, 3.63) is 71.8 Å². The number of carbonyl (C=O) groups is 1. The molecule has 1 atom stereocenters. The smallest absolute Gasteiger partial charge is 0.366 e. The van der Waals surface area contributed by atoms with Crippen LogP contribution in [0.2, 0.25) is 0 Å². The number of fused-ring (bicyclic) bond motifs is 4. The number of aromatic nitrogens is 1. The third kappa shape index (κ3) is 4.01. The Morgan fingerprint density at radius 3 is 2.64 bits per heavy atom. The summed E-state index contributed by atoms with van der Waals surface area (Å²) in [6, 6.07) is 16.0. The quantitative estimate of drug-likeness (QED) is 0.533. The highest BCUT2D eigenvalue weighted by molar-refractivity contribution is 6.04. The van der Waals surface area contributed by atoms with E-state index in [1.54, 1.807) is 17.0 Å². The molecule has 0 radical (unpaired) electrons. The molecule has 8 heteroatoms. The van der Waals surface area contributed by atoms with E-state index in [2.05, 4.69) is 22.1 Å². The Morgan fingerprint density at radius 1 is 1.12 bits per heavy atom. The van der Waals surface area contributed by atoms with Crippen LogP contribution in [0.25, 0.3) is 11.3 Å². The van der Waals surface area contributed by atoms with Gasteiger partial charge in [-0.15, -0.1) is 0 Å². The number of pyridine rings is 1. The molecule has 3 aromatic rings. The minimum absolute atomic E-state index is 0.0447. The van der Waals surface area contributed by atoms with Gasteiger partial charge in [0.05, 0.1) is 23.0 Å². The van der Waals surface area contributed by atoms with Crippen molar-refractivity contribution in [2.75, 3.05) is 28.2 Å². The largest absolute Gasteiger partial charge is 0.416 e. The standard InChI is InChI=1S/C25H23F3N4O/c1-2-16-6-8-19(9-7-16)29-24(33)32-20-12-13-31(15-20)22-11-10-21(30-23(22)32)17-4-3-5-18(14-17)25(26,27)28/h3-11,14,20H,2,12-13,15H2,1H3,(H,29,33)/t20-/m0/s1. The third-order valence-electron chi connectivity index (χ3n) is 6.27. The van der Waals surface area contributed by atoms with Gasteiger partial charge in [0.25, 0.3) is 0 Å². The lowest BCUT2D eigenvalue weighted by atomic mass is 10.1. The van der Waals surface area contributed by atoms with Crippen LogP contribution in [-0.4, -0.2) is 30.1 Å². The maximum absolute atomic E-state index is 13.3. The van der Waals surface area contributed by atoms with E-state index < -0.39 is 11.7 Å². The summed E-state index contributed by atoms with van der Waals surface area (Å²) in [6.07, 6.45) is -2.72. The Kier molecular flexibility index (Phi) is 5.23. The number of hydrogen-bond acceptors (Lipinski definition) is 3. The van der Waals surface area contributed by atoms with Crippen molar-refractivity contribution < 1.29 is 18.0 Å².